The molecule has 0 spiro atoms. The zero-order chi connectivity index (χ0) is 30.1. The van der Waals surface area contributed by atoms with Crippen LogP contribution in [-0.2, 0) is 36.0 Å². The van der Waals surface area contributed by atoms with E-state index in [1.807, 2.05) is 0 Å². The van der Waals surface area contributed by atoms with Gasteiger partial charge in [-0.2, -0.15) is 13.2 Å². The number of hydrogen-bond donors (Lipinski definition) is 0. The molecule has 0 N–H and O–H groups in total. The molecule has 9 nitrogen and oxygen atoms in total. The van der Waals surface area contributed by atoms with Crippen molar-refractivity contribution in [1.82, 2.24) is 4.31 Å². The number of alkyl halides is 3. The molecule has 0 saturated carbocycles. The normalized spacial score (nSPS) is 16.4. The first-order chi connectivity index (χ1) is 18.4. The van der Waals surface area contributed by atoms with Gasteiger partial charge in [0, 0.05) is 20.0 Å². The van der Waals surface area contributed by atoms with Crippen LogP contribution in [0.15, 0.2) is 47.4 Å². The summed E-state index contributed by atoms with van der Waals surface area (Å²) in [4.78, 5) is 12.0. The van der Waals surface area contributed by atoms with Crippen molar-refractivity contribution in [3.63, 3.8) is 0 Å². The lowest BCUT2D eigenvalue weighted by Gasteiger charge is -2.36. The van der Waals surface area contributed by atoms with Crippen LogP contribution in [0.3, 0.4) is 0 Å². The van der Waals surface area contributed by atoms with Crippen molar-refractivity contribution in [2.75, 3.05) is 30.2 Å². The fourth-order valence-electron chi connectivity index (χ4n) is 3.76. The highest BCUT2D eigenvalue weighted by molar-refractivity contribution is 7.92. The molecule has 40 heavy (non-hydrogen) atoms. The molecule has 1 aliphatic rings. The van der Waals surface area contributed by atoms with E-state index in [1.165, 1.54) is 25.2 Å². The predicted molar refractivity (Wildman–Crippen MR) is 138 cm³/mol. The smallest absolute Gasteiger partial charge is 0.427 e. The van der Waals surface area contributed by atoms with Crippen molar-refractivity contribution >= 4 is 31.7 Å². The summed E-state index contributed by atoms with van der Waals surface area (Å²) in [6.45, 7) is 3.02. The molecular formula is C25H30F4N2O7S2. The van der Waals surface area contributed by atoms with Gasteiger partial charge in [-0.1, -0.05) is 13.0 Å². The first-order valence-corrected chi connectivity index (χ1v) is 15.2. The minimum absolute atomic E-state index is 0.0190. The lowest BCUT2D eigenvalue weighted by molar-refractivity contribution is -0.257. The van der Waals surface area contributed by atoms with Crippen LogP contribution in [0.1, 0.15) is 32.8 Å². The number of benzene rings is 2. The summed E-state index contributed by atoms with van der Waals surface area (Å²) < 4.78 is 118. The summed E-state index contributed by atoms with van der Waals surface area (Å²) >= 11 is 0. The number of nitrogens with zero attached hydrogens (tertiary/aromatic N) is 2. The number of hydrogen-bond acceptors (Lipinski definition) is 7. The van der Waals surface area contributed by atoms with Crippen LogP contribution in [0.5, 0.6) is 5.75 Å². The first-order valence-electron chi connectivity index (χ1n) is 12.2. The van der Waals surface area contributed by atoms with Gasteiger partial charge in [-0.05, 0) is 55.8 Å². The highest BCUT2D eigenvalue weighted by Crippen LogP contribution is 2.39. The van der Waals surface area contributed by atoms with Gasteiger partial charge in [0.1, 0.15) is 17.7 Å². The van der Waals surface area contributed by atoms with E-state index in [2.05, 4.69) is 4.74 Å². The molecule has 3 rings (SSSR count). The van der Waals surface area contributed by atoms with Crippen molar-refractivity contribution < 1.29 is 48.7 Å². The Balaban J connectivity index is 1.95. The molecule has 0 aliphatic carbocycles. The average molecular weight is 611 g/mol. The number of fused-ring (bicyclic) bond motifs is 1. The van der Waals surface area contributed by atoms with Gasteiger partial charge in [0.05, 0.1) is 29.3 Å². The van der Waals surface area contributed by atoms with Gasteiger partial charge in [-0.15, -0.1) is 0 Å². The fourth-order valence-corrected chi connectivity index (χ4v) is 6.52. The van der Waals surface area contributed by atoms with Gasteiger partial charge in [0.2, 0.25) is 15.6 Å². The number of halogens is 4. The second kappa shape index (κ2) is 11.5. The van der Waals surface area contributed by atoms with Crippen molar-refractivity contribution in [3.8, 4) is 5.75 Å². The molecule has 222 valence electrons. The molecular weight excluding hydrogens is 580 g/mol. The molecule has 0 amide bonds. The highest BCUT2D eigenvalue weighted by Gasteiger charge is 2.50. The van der Waals surface area contributed by atoms with Crippen molar-refractivity contribution in [2.24, 2.45) is 0 Å². The number of esters is 1. The monoisotopic (exact) mass is 610 g/mol. The molecule has 0 bridgehead atoms. The summed E-state index contributed by atoms with van der Waals surface area (Å²) in [5.41, 5.74) is -2.61. The molecule has 1 aliphatic heterocycles. The maximum absolute atomic E-state index is 13.6. The first kappa shape index (κ1) is 31.6. The minimum Gasteiger partial charge on any atom is -0.486 e. The Morgan fingerprint density at radius 1 is 1.10 bits per heavy atom. The second-order valence-electron chi connectivity index (χ2n) is 9.71. The lowest BCUT2D eigenvalue weighted by atomic mass is 10.1. The molecule has 2 aromatic carbocycles. The summed E-state index contributed by atoms with van der Waals surface area (Å²) in [6, 6.07) is 8.05. The molecule has 15 heteroatoms. The van der Waals surface area contributed by atoms with Crippen LogP contribution in [0.2, 0.25) is 0 Å². The minimum atomic E-state index is -4.80. The number of anilines is 1. The topological polar surface area (TPSA) is 110 Å². The summed E-state index contributed by atoms with van der Waals surface area (Å²) in [5, 5.41) is 0. The third kappa shape index (κ3) is 7.04. The quantitative estimate of drug-likeness (QED) is 0.297. The van der Waals surface area contributed by atoms with Gasteiger partial charge in [-0.25, -0.2) is 25.5 Å². The van der Waals surface area contributed by atoms with E-state index in [-0.39, 0.29) is 47.2 Å². The second-order valence-corrected chi connectivity index (χ2v) is 13.8. The lowest BCUT2D eigenvalue weighted by Crippen LogP contribution is -2.45. The maximum atomic E-state index is 13.6. The average Bonchev–Trinajstić information content (AvgIpc) is 2.85. The van der Waals surface area contributed by atoms with E-state index in [1.54, 1.807) is 6.92 Å². The summed E-state index contributed by atoms with van der Waals surface area (Å²) in [7, 11) is -6.55. The van der Waals surface area contributed by atoms with Gasteiger partial charge >= 0.3 is 12.1 Å². The van der Waals surface area contributed by atoms with Crippen molar-refractivity contribution in [3.05, 3.63) is 53.8 Å². The van der Waals surface area contributed by atoms with Crippen LogP contribution in [0.4, 0.5) is 23.2 Å². The summed E-state index contributed by atoms with van der Waals surface area (Å²) in [5.74, 6) is -2.11. The Morgan fingerprint density at radius 2 is 1.73 bits per heavy atom. The Bertz CT molecular complexity index is 1440. The molecule has 0 saturated heterocycles. The van der Waals surface area contributed by atoms with Gasteiger partial charge in [-0.3, -0.25) is 9.10 Å². The molecule has 1 atom stereocenters. The van der Waals surface area contributed by atoms with Gasteiger partial charge < -0.3 is 9.47 Å². The molecule has 0 aromatic heterocycles. The number of carbonyl (C=O) groups excluding carboxylic acids is 1. The maximum Gasteiger partial charge on any atom is 0.427 e. The predicted octanol–water partition coefficient (Wildman–Crippen LogP) is 3.88. The Morgan fingerprint density at radius 3 is 2.30 bits per heavy atom. The third-order valence-electron chi connectivity index (χ3n) is 6.37. The third-order valence-corrected chi connectivity index (χ3v) is 10.1. The molecule has 2 aromatic rings. The van der Waals surface area contributed by atoms with Gasteiger partial charge in [0.15, 0.2) is 0 Å². The van der Waals surface area contributed by atoms with Crippen LogP contribution < -0.4 is 9.04 Å². The zero-order valence-electron chi connectivity index (χ0n) is 22.2. The van der Waals surface area contributed by atoms with Crippen LogP contribution in [-0.4, -0.2) is 70.9 Å². The van der Waals surface area contributed by atoms with E-state index < -0.39 is 56.1 Å². The van der Waals surface area contributed by atoms with E-state index in [4.69, 9.17) is 4.74 Å². The Labute approximate surface area is 230 Å². The Kier molecular flexibility index (Phi) is 9.11. The standard InChI is InChI=1S/C25H30F4N2O7S2/c1-5-30(4)39(33,34)13-12-19-16-31(40(35,36)20-9-7-18(26)8-10-20)21-14-17(6-11-22(21)37-19)15-23(32)38-24(2,3)25(27,28)29/h6-11,14,19H,5,12-13,15-16H2,1-4H3/t19-/m0/s1. The molecule has 0 fully saturated rings. The SMILES string of the molecule is CCN(C)S(=O)(=O)CC[C@H]1CN(S(=O)(=O)c2ccc(F)cc2)c2cc(CC(=O)OC(C)(C)C(F)(F)F)ccc2O1. The van der Waals surface area contributed by atoms with Crippen molar-refractivity contribution in [1.29, 1.82) is 0 Å². The van der Waals surface area contributed by atoms with Gasteiger partial charge in [0.25, 0.3) is 10.0 Å². The van der Waals surface area contributed by atoms with Crippen LogP contribution in [0.25, 0.3) is 0 Å². The largest absolute Gasteiger partial charge is 0.486 e. The van der Waals surface area contributed by atoms with E-state index in [9.17, 15) is 39.2 Å². The number of sulfonamides is 2. The van der Waals surface area contributed by atoms with E-state index in [0.717, 1.165) is 32.9 Å². The number of ether oxygens (including phenoxy) is 2. The van der Waals surface area contributed by atoms with E-state index in [0.29, 0.717) is 13.8 Å². The van der Waals surface area contributed by atoms with Crippen molar-refractivity contribution in [2.45, 2.75) is 56.4 Å². The molecule has 0 radical (unpaired) electrons. The Hall–Kier alpha value is -2.91. The van der Waals surface area contributed by atoms with Crippen LogP contribution in [0, 0.1) is 5.82 Å². The van der Waals surface area contributed by atoms with E-state index >= 15 is 0 Å². The molecule has 1 heterocycles. The number of carbonyl (C=O) groups is 1. The highest BCUT2D eigenvalue weighted by atomic mass is 32.2. The number of rotatable bonds is 10. The molecule has 0 unspecified atom stereocenters. The summed E-state index contributed by atoms with van der Waals surface area (Å²) in [6.07, 6.45) is -6.34. The zero-order valence-corrected chi connectivity index (χ0v) is 23.9. The fraction of sp³-hybridized carbons (Fsp3) is 0.480. The van der Waals surface area contributed by atoms with Crippen LogP contribution >= 0.6 is 0 Å².